The zero-order valence-corrected chi connectivity index (χ0v) is 11.2. The molecule has 2 rings (SSSR count). The van der Waals surface area contributed by atoms with E-state index in [4.69, 9.17) is 5.26 Å². The second-order valence-corrected chi connectivity index (χ2v) is 5.81. The summed E-state index contributed by atoms with van der Waals surface area (Å²) in [6, 6.07) is -0.0866. The average Bonchev–Trinajstić information content (AvgIpc) is 2.43. The number of alkyl halides is 2. The molecule has 1 aliphatic heterocycles. The molecular formula is C11H17F2NO4S. The summed E-state index contributed by atoms with van der Waals surface area (Å²) in [7, 11) is 0. The van der Waals surface area contributed by atoms with Gasteiger partial charge in [0, 0.05) is 12.6 Å². The molecule has 19 heavy (non-hydrogen) atoms. The highest BCUT2D eigenvalue weighted by Crippen LogP contribution is 2.39. The second kappa shape index (κ2) is 6.34. The van der Waals surface area contributed by atoms with Gasteiger partial charge in [0.2, 0.25) is 0 Å². The summed E-state index contributed by atoms with van der Waals surface area (Å²) in [5.41, 5.74) is 0. The molecule has 0 aromatic heterocycles. The lowest BCUT2D eigenvalue weighted by Gasteiger charge is -2.44. The van der Waals surface area contributed by atoms with E-state index in [9.17, 15) is 13.6 Å². The van der Waals surface area contributed by atoms with E-state index >= 15 is 0 Å². The van der Waals surface area contributed by atoms with Crippen LogP contribution in [0.1, 0.15) is 38.5 Å². The molecule has 1 N–H and O–H groups in total. The van der Waals surface area contributed by atoms with E-state index < -0.39 is 23.2 Å². The van der Waals surface area contributed by atoms with Crippen molar-refractivity contribution >= 4 is 17.9 Å². The Kier molecular flexibility index (Phi) is 4.99. The molecule has 2 fully saturated rings. The summed E-state index contributed by atoms with van der Waals surface area (Å²) in [5, 5.41) is 7.29. The van der Waals surface area contributed by atoms with Gasteiger partial charge in [-0.3, -0.25) is 4.79 Å². The van der Waals surface area contributed by atoms with E-state index in [1.54, 1.807) is 0 Å². The van der Waals surface area contributed by atoms with E-state index in [-0.39, 0.29) is 6.04 Å². The molecule has 1 heterocycles. The Morgan fingerprint density at radius 3 is 2.68 bits per heavy atom. The highest BCUT2D eigenvalue weighted by molar-refractivity contribution is 7.96. The van der Waals surface area contributed by atoms with Gasteiger partial charge in [-0.05, 0) is 31.6 Å². The van der Waals surface area contributed by atoms with Crippen LogP contribution >= 0.6 is 12.0 Å². The van der Waals surface area contributed by atoms with Crippen LogP contribution in [0.4, 0.5) is 8.78 Å². The van der Waals surface area contributed by atoms with E-state index in [1.165, 1.54) is 4.90 Å². The van der Waals surface area contributed by atoms with Gasteiger partial charge < -0.3 is 4.90 Å². The molecule has 2 atom stereocenters. The molecule has 1 aliphatic carbocycles. The molecule has 0 spiro atoms. The quantitative estimate of drug-likeness (QED) is 0.491. The van der Waals surface area contributed by atoms with Crippen LogP contribution in [-0.4, -0.2) is 33.9 Å². The average molecular weight is 297 g/mol. The molecule has 1 saturated heterocycles. The Hall–Kier alpha value is -0.440. The van der Waals surface area contributed by atoms with E-state index in [0.717, 1.165) is 38.5 Å². The first-order valence-corrected chi connectivity index (χ1v) is 7.15. The normalized spacial score (nSPS) is 28.1. The Balaban J connectivity index is 2.04. The lowest BCUT2D eigenvalue weighted by atomic mass is 9.78. The van der Waals surface area contributed by atoms with E-state index in [2.05, 4.69) is 9.37 Å². The lowest BCUT2D eigenvalue weighted by molar-refractivity contribution is -0.433. The molecule has 2 unspecified atom stereocenters. The maximum absolute atomic E-state index is 13.6. The summed E-state index contributed by atoms with van der Waals surface area (Å²) in [5.74, 6) is -0.923. The first kappa shape index (κ1) is 15.0. The van der Waals surface area contributed by atoms with Gasteiger partial charge in [-0.1, -0.05) is 17.9 Å². The molecule has 8 heteroatoms. The van der Waals surface area contributed by atoms with Crippen molar-refractivity contribution < 1.29 is 28.2 Å². The fourth-order valence-corrected chi connectivity index (χ4v) is 3.44. The van der Waals surface area contributed by atoms with Crippen molar-refractivity contribution in [2.24, 2.45) is 5.92 Å². The number of hydrogen-bond donors (Lipinski definition) is 1. The summed E-state index contributed by atoms with van der Waals surface area (Å²) in [6.45, 7) is 0.357. The summed E-state index contributed by atoms with van der Waals surface area (Å²) < 4.78 is 30.9. The van der Waals surface area contributed by atoms with Crippen molar-refractivity contribution in [2.75, 3.05) is 6.54 Å². The van der Waals surface area contributed by atoms with Gasteiger partial charge in [0.15, 0.2) is 0 Å². The standard InChI is InChI=1S/C11H17F2NO4S/c12-11(13,19-18-17-16)10(15)14-7-3-5-8-4-1-2-6-9(8)14/h8-9,16H,1-7H2. The van der Waals surface area contributed by atoms with Crippen molar-refractivity contribution in [1.29, 1.82) is 0 Å². The van der Waals surface area contributed by atoms with Gasteiger partial charge in [0.25, 0.3) is 0 Å². The third-order valence-electron chi connectivity index (χ3n) is 3.92. The Labute approximate surface area is 114 Å². The van der Waals surface area contributed by atoms with Crippen molar-refractivity contribution in [3.05, 3.63) is 0 Å². The molecule has 0 bridgehead atoms. The number of rotatable bonds is 4. The van der Waals surface area contributed by atoms with Crippen molar-refractivity contribution in [3.8, 4) is 0 Å². The maximum Gasteiger partial charge on any atom is 0.397 e. The van der Waals surface area contributed by atoms with Gasteiger partial charge in [-0.25, -0.2) is 5.26 Å². The second-order valence-electron chi connectivity index (χ2n) is 5.00. The van der Waals surface area contributed by atoms with Gasteiger partial charge >= 0.3 is 11.2 Å². The minimum Gasteiger partial charge on any atom is -0.333 e. The van der Waals surface area contributed by atoms with Crippen LogP contribution in [0.15, 0.2) is 0 Å². The van der Waals surface area contributed by atoms with Crippen LogP contribution in [0.5, 0.6) is 0 Å². The molecule has 110 valence electrons. The molecular weight excluding hydrogens is 280 g/mol. The summed E-state index contributed by atoms with van der Waals surface area (Å²) >= 11 is -0.477. The third-order valence-corrected chi connectivity index (χ3v) is 4.44. The van der Waals surface area contributed by atoms with Crippen LogP contribution in [-0.2, 0) is 14.2 Å². The number of hydrogen-bond acceptors (Lipinski definition) is 5. The molecule has 2 aliphatic rings. The zero-order chi connectivity index (χ0) is 13.9. The highest BCUT2D eigenvalue weighted by atomic mass is 32.2. The first-order valence-electron chi connectivity index (χ1n) is 6.41. The van der Waals surface area contributed by atoms with Gasteiger partial charge in [-0.15, -0.1) is 4.33 Å². The van der Waals surface area contributed by atoms with Crippen LogP contribution in [0.2, 0.25) is 0 Å². The number of nitrogens with zero attached hydrogens (tertiary/aromatic N) is 1. The minimum atomic E-state index is -3.75. The number of likely N-dealkylation sites (tertiary alicyclic amines) is 1. The zero-order valence-electron chi connectivity index (χ0n) is 10.4. The fraction of sp³-hybridized carbons (Fsp3) is 0.909. The lowest BCUT2D eigenvalue weighted by Crippen LogP contribution is -2.54. The predicted octanol–water partition coefficient (Wildman–Crippen LogP) is 2.83. The van der Waals surface area contributed by atoms with Gasteiger partial charge in [-0.2, -0.15) is 8.78 Å². The Morgan fingerprint density at radius 2 is 1.95 bits per heavy atom. The maximum atomic E-state index is 13.6. The largest absolute Gasteiger partial charge is 0.397 e. The van der Waals surface area contributed by atoms with Crippen LogP contribution in [0.3, 0.4) is 0 Å². The van der Waals surface area contributed by atoms with Crippen molar-refractivity contribution in [1.82, 2.24) is 4.90 Å². The Morgan fingerprint density at radius 1 is 1.26 bits per heavy atom. The third kappa shape index (κ3) is 3.36. The van der Waals surface area contributed by atoms with E-state index in [1.807, 2.05) is 0 Å². The van der Waals surface area contributed by atoms with Crippen molar-refractivity contribution in [3.63, 3.8) is 0 Å². The molecule has 1 saturated carbocycles. The molecule has 0 radical (unpaired) electrons. The number of piperidine rings is 1. The van der Waals surface area contributed by atoms with Gasteiger partial charge in [0.05, 0.1) is 0 Å². The SMILES string of the molecule is O=C(N1CCCC2CCCCC21)C(F)(F)SOOO. The highest BCUT2D eigenvalue weighted by Gasteiger charge is 2.49. The minimum absolute atomic E-state index is 0.0866. The first-order chi connectivity index (χ1) is 9.06. The number of halogens is 2. The molecule has 0 aromatic rings. The summed E-state index contributed by atoms with van der Waals surface area (Å²) in [6.07, 6.45) is 5.63. The smallest absolute Gasteiger partial charge is 0.333 e. The van der Waals surface area contributed by atoms with Crippen LogP contribution in [0, 0.1) is 5.92 Å². The number of amides is 1. The number of carbonyl (C=O) groups is 1. The van der Waals surface area contributed by atoms with Crippen LogP contribution < -0.4 is 0 Å². The fourth-order valence-electron chi connectivity index (χ4n) is 3.14. The predicted molar refractivity (Wildman–Crippen MR) is 64.0 cm³/mol. The monoisotopic (exact) mass is 297 g/mol. The molecule has 0 aromatic carbocycles. The molecule has 1 amide bonds. The van der Waals surface area contributed by atoms with Crippen molar-refractivity contribution in [2.45, 2.75) is 49.8 Å². The number of fused-ring (bicyclic) bond motifs is 1. The molecule has 5 nitrogen and oxygen atoms in total. The summed E-state index contributed by atoms with van der Waals surface area (Å²) in [4.78, 5) is 13.2. The van der Waals surface area contributed by atoms with E-state index in [0.29, 0.717) is 12.5 Å². The Bertz CT molecular complexity index is 330. The topological polar surface area (TPSA) is 59.0 Å². The number of carbonyl (C=O) groups excluding carboxylic acids is 1. The van der Waals surface area contributed by atoms with Crippen LogP contribution in [0.25, 0.3) is 0 Å². The van der Waals surface area contributed by atoms with Gasteiger partial charge in [0.1, 0.15) is 12.0 Å².